The van der Waals surface area contributed by atoms with Crippen LogP contribution >= 0.6 is 0 Å². The van der Waals surface area contributed by atoms with Crippen molar-refractivity contribution >= 4 is 28.3 Å². The highest BCUT2D eigenvalue weighted by atomic mass is 16.5. The first-order valence-corrected chi connectivity index (χ1v) is 8.04. The molecule has 3 aromatic carbocycles. The Morgan fingerprint density at radius 3 is 2.48 bits per heavy atom. The van der Waals surface area contributed by atoms with Crippen LogP contribution in [0.15, 0.2) is 60.7 Å². The smallest absolute Gasteiger partial charge is 0.339 e. The highest BCUT2D eigenvalue weighted by Gasteiger charge is 2.16. The van der Waals surface area contributed by atoms with Gasteiger partial charge >= 0.3 is 5.97 Å². The zero-order valence-corrected chi connectivity index (χ0v) is 14.2. The van der Waals surface area contributed by atoms with E-state index in [1.807, 2.05) is 55.5 Å². The molecular weight excluding hydrogens is 314 g/mol. The molecule has 0 spiro atoms. The van der Waals surface area contributed by atoms with Gasteiger partial charge in [-0.05, 0) is 34.9 Å². The topological polar surface area (TPSA) is 55.4 Å². The predicted octanol–water partition coefficient (Wildman–Crippen LogP) is 4.12. The zero-order chi connectivity index (χ0) is 17.8. The van der Waals surface area contributed by atoms with Crippen LogP contribution in [0, 0.1) is 6.92 Å². The van der Waals surface area contributed by atoms with Crippen molar-refractivity contribution in [2.45, 2.75) is 13.3 Å². The van der Waals surface area contributed by atoms with Gasteiger partial charge in [-0.25, -0.2) is 4.79 Å². The molecule has 0 fully saturated rings. The molecule has 0 aliphatic heterocycles. The molecule has 25 heavy (non-hydrogen) atoms. The molecule has 4 nitrogen and oxygen atoms in total. The molecular formula is C21H19NO3. The Balaban J connectivity index is 1.81. The van der Waals surface area contributed by atoms with E-state index in [-0.39, 0.29) is 12.3 Å². The summed E-state index contributed by atoms with van der Waals surface area (Å²) >= 11 is 0. The van der Waals surface area contributed by atoms with Gasteiger partial charge in [-0.1, -0.05) is 54.6 Å². The van der Waals surface area contributed by atoms with Crippen molar-refractivity contribution in [2.24, 2.45) is 0 Å². The molecule has 4 heteroatoms. The Labute approximate surface area is 146 Å². The number of hydrogen-bond donors (Lipinski definition) is 1. The predicted molar refractivity (Wildman–Crippen MR) is 98.8 cm³/mol. The Kier molecular flexibility index (Phi) is 4.80. The van der Waals surface area contributed by atoms with Crippen LogP contribution in [0.4, 0.5) is 5.69 Å². The molecule has 0 aliphatic rings. The van der Waals surface area contributed by atoms with Crippen molar-refractivity contribution in [3.05, 3.63) is 77.4 Å². The van der Waals surface area contributed by atoms with Crippen molar-refractivity contribution in [1.82, 2.24) is 0 Å². The number of esters is 1. The van der Waals surface area contributed by atoms with E-state index < -0.39 is 5.97 Å². The maximum absolute atomic E-state index is 12.5. The number of para-hydroxylation sites is 1. The van der Waals surface area contributed by atoms with E-state index >= 15 is 0 Å². The van der Waals surface area contributed by atoms with Crippen LogP contribution in [-0.2, 0) is 16.0 Å². The van der Waals surface area contributed by atoms with E-state index in [1.165, 1.54) is 7.11 Å². The Bertz CT molecular complexity index is 947. The third-order valence-corrected chi connectivity index (χ3v) is 4.12. The van der Waals surface area contributed by atoms with Crippen LogP contribution in [0.5, 0.6) is 0 Å². The highest BCUT2D eigenvalue weighted by molar-refractivity contribution is 6.02. The van der Waals surface area contributed by atoms with E-state index in [0.717, 1.165) is 21.9 Å². The van der Waals surface area contributed by atoms with Gasteiger partial charge in [0.2, 0.25) is 5.91 Å². The molecule has 0 unspecified atom stereocenters. The van der Waals surface area contributed by atoms with Crippen molar-refractivity contribution < 1.29 is 14.3 Å². The minimum absolute atomic E-state index is 0.172. The maximum atomic E-state index is 12.5. The Morgan fingerprint density at radius 1 is 0.960 bits per heavy atom. The molecule has 3 aromatic rings. The number of amides is 1. The van der Waals surface area contributed by atoms with Gasteiger partial charge in [0, 0.05) is 0 Å². The van der Waals surface area contributed by atoms with Crippen LogP contribution in [0.2, 0.25) is 0 Å². The van der Waals surface area contributed by atoms with Crippen LogP contribution in [-0.4, -0.2) is 19.0 Å². The van der Waals surface area contributed by atoms with E-state index in [4.69, 9.17) is 4.74 Å². The van der Waals surface area contributed by atoms with Crippen LogP contribution in [0.1, 0.15) is 21.5 Å². The second-order valence-corrected chi connectivity index (χ2v) is 5.90. The minimum atomic E-state index is -0.468. The number of aryl methyl sites for hydroxylation is 1. The van der Waals surface area contributed by atoms with E-state index in [2.05, 4.69) is 5.32 Å². The lowest BCUT2D eigenvalue weighted by Crippen LogP contribution is -2.18. The molecule has 126 valence electrons. The maximum Gasteiger partial charge on any atom is 0.339 e. The lowest BCUT2D eigenvalue weighted by molar-refractivity contribution is -0.115. The number of ether oxygens (including phenoxy) is 1. The zero-order valence-electron chi connectivity index (χ0n) is 14.2. The first-order chi connectivity index (χ1) is 12.1. The number of hydrogen-bond acceptors (Lipinski definition) is 3. The SMILES string of the molecule is COC(=O)c1cccc(C)c1NC(=O)Cc1ccc2ccccc2c1. The summed E-state index contributed by atoms with van der Waals surface area (Å²) in [4.78, 5) is 24.4. The summed E-state index contributed by atoms with van der Waals surface area (Å²) < 4.78 is 4.79. The summed E-state index contributed by atoms with van der Waals surface area (Å²) in [6.45, 7) is 1.85. The second kappa shape index (κ2) is 7.18. The monoisotopic (exact) mass is 333 g/mol. The molecule has 1 amide bonds. The Morgan fingerprint density at radius 2 is 1.72 bits per heavy atom. The molecule has 0 bridgehead atoms. The van der Waals surface area contributed by atoms with Gasteiger partial charge in [-0.2, -0.15) is 0 Å². The fourth-order valence-corrected chi connectivity index (χ4v) is 2.83. The quantitative estimate of drug-likeness (QED) is 0.731. The van der Waals surface area contributed by atoms with Gasteiger partial charge in [-0.15, -0.1) is 0 Å². The summed E-state index contributed by atoms with van der Waals surface area (Å²) in [5.74, 6) is -0.639. The molecule has 1 N–H and O–H groups in total. The van der Waals surface area contributed by atoms with E-state index in [0.29, 0.717) is 11.3 Å². The third-order valence-electron chi connectivity index (χ3n) is 4.12. The van der Waals surface area contributed by atoms with Crippen LogP contribution in [0.25, 0.3) is 10.8 Å². The number of anilines is 1. The average molecular weight is 333 g/mol. The van der Waals surface area contributed by atoms with Gasteiger partial charge in [-0.3, -0.25) is 4.79 Å². The molecule has 3 rings (SSSR count). The summed E-state index contributed by atoms with van der Waals surface area (Å²) in [6.07, 6.45) is 0.236. The molecule has 0 heterocycles. The van der Waals surface area contributed by atoms with E-state index in [9.17, 15) is 9.59 Å². The number of methoxy groups -OCH3 is 1. The minimum Gasteiger partial charge on any atom is -0.465 e. The van der Waals surface area contributed by atoms with Crippen molar-refractivity contribution in [3.63, 3.8) is 0 Å². The van der Waals surface area contributed by atoms with Gasteiger partial charge in [0.25, 0.3) is 0 Å². The van der Waals surface area contributed by atoms with Gasteiger partial charge in [0.15, 0.2) is 0 Å². The first kappa shape index (κ1) is 16.7. The third kappa shape index (κ3) is 3.69. The van der Waals surface area contributed by atoms with Crippen LogP contribution < -0.4 is 5.32 Å². The molecule has 0 aliphatic carbocycles. The standard InChI is InChI=1S/C21H19NO3/c1-14-6-5-9-18(21(24)25-2)20(14)22-19(23)13-15-10-11-16-7-3-4-8-17(16)12-15/h3-12H,13H2,1-2H3,(H,22,23). The number of carbonyl (C=O) groups excluding carboxylic acids is 2. The number of carbonyl (C=O) groups is 2. The summed E-state index contributed by atoms with van der Waals surface area (Å²) in [5.41, 5.74) is 2.59. The first-order valence-electron chi connectivity index (χ1n) is 8.04. The molecule has 0 atom stereocenters. The highest BCUT2D eigenvalue weighted by Crippen LogP contribution is 2.22. The molecule has 0 radical (unpaired) electrons. The van der Waals surface area contributed by atoms with Crippen molar-refractivity contribution in [1.29, 1.82) is 0 Å². The summed E-state index contributed by atoms with van der Waals surface area (Å²) in [6, 6.07) is 19.2. The largest absolute Gasteiger partial charge is 0.465 e. The van der Waals surface area contributed by atoms with Gasteiger partial charge in [0.05, 0.1) is 24.8 Å². The van der Waals surface area contributed by atoms with Crippen molar-refractivity contribution in [3.8, 4) is 0 Å². The number of rotatable bonds is 4. The molecule has 0 aromatic heterocycles. The van der Waals surface area contributed by atoms with E-state index in [1.54, 1.807) is 12.1 Å². The van der Waals surface area contributed by atoms with Crippen LogP contribution in [0.3, 0.4) is 0 Å². The summed E-state index contributed by atoms with van der Waals surface area (Å²) in [5, 5.41) is 5.08. The number of benzene rings is 3. The fraction of sp³-hybridized carbons (Fsp3) is 0.143. The average Bonchev–Trinajstić information content (AvgIpc) is 2.62. The Hall–Kier alpha value is -3.14. The molecule has 0 saturated carbocycles. The normalized spacial score (nSPS) is 10.5. The van der Waals surface area contributed by atoms with Crippen molar-refractivity contribution in [2.75, 3.05) is 12.4 Å². The number of nitrogens with one attached hydrogen (secondary N) is 1. The summed E-state index contributed by atoms with van der Waals surface area (Å²) in [7, 11) is 1.32. The lowest BCUT2D eigenvalue weighted by Gasteiger charge is -2.13. The van der Waals surface area contributed by atoms with Gasteiger partial charge in [0.1, 0.15) is 0 Å². The molecule has 0 saturated heterocycles. The number of fused-ring (bicyclic) bond motifs is 1. The lowest BCUT2D eigenvalue weighted by atomic mass is 10.0. The van der Waals surface area contributed by atoms with Gasteiger partial charge < -0.3 is 10.1 Å². The fourth-order valence-electron chi connectivity index (χ4n) is 2.83. The second-order valence-electron chi connectivity index (χ2n) is 5.90.